The van der Waals surface area contributed by atoms with Gasteiger partial charge in [-0.25, -0.2) is 0 Å². The summed E-state index contributed by atoms with van der Waals surface area (Å²) in [6.07, 6.45) is 0.0779. The maximum absolute atomic E-state index is 5.65. The molecule has 6 nitrogen and oxygen atoms in total. The van der Waals surface area contributed by atoms with Gasteiger partial charge < -0.3 is 28.4 Å². The second-order valence-corrected chi connectivity index (χ2v) is 4.60. The predicted molar refractivity (Wildman–Crippen MR) is 74.1 cm³/mol. The lowest BCUT2D eigenvalue weighted by molar-refractivity contribution is -0.0861. The molecule has 0 aromatic carbocycles. The first-order chi connectivity index (χ1) is 9.80. The summed E-state index contributed by atoms with van der Waals surface area (Å²) in [7, 11) is 0. The van der Waals surface area contributed by atoms with Crippen molar-refractivity contribution in [1.29, 1.82) is 0 Å². The fraction of sp³-hybridized carbons (Fsp3) is 1.00. The first kappa shape index (κ1) is 17.8. The summed E-state index contributed by atoms with van der Waals surface area (Å²) in [6, 6.07) is 0. The van der Waals surface area contributed by atoms with E-state index in [1.807, 2.05) is 13.8 Å². The molecule has 0 aromatic rings. The lowest BCUT2D eigenvalue weighted by atomic mass is 10.2. The van der Waals surface area contributed by atoms with Crippen molar-refractivity contribution in [2.75, 3.05) is 66.1 Å². The van der Waals surface area contributed by atoms with Gasteiger partial charge in [-0.1, -0.05) is 0 Å². The van der Waals surface area contributed by atoms with Crippen LogP contribution < -0.4 is 0 Å². The first-order valence-corrected chi connectivity index (χ1v) is 7.35. The molecular formula is C14H28O6. The second kappa shape index (κ2) is 12.5. The van der Waals surface area contributed by atoms with E-state index in [0.717, 1.165) is 0 Å². The lowest BCUT2D eigenvalue weighted by Crippen LogP contribution is -2.29. The summed E-state index contributed by atoms with van der Waals surface area (Å²) in [5.74, 6) is 0. The van der Waals surface area contributed by atoms with E-state index in [1.54, 1.807) is 0 Å². The van der Waals surface area contributed by atoms with Gasteiger partial charge in [0.25, 0.3) is 0 Å². The van der Waals surface area contributed by atoms with Crippen LogP contribution in [0.5, 0.6) is 0 Å². The number of rotatable bonds is 0. The maximum atomic E-state index is 5.65. The molecule has 0 aliphatic carbocycles. The van der Waals surface area contributed by atoms with Crippen molar-refractivity contribution in [1.82, 2.24) is 0 Å². The fourth-order valence-corrected chi connectivity index (χ4v) is 1.62. The van der Waals surface area contributed by atoms with E-state index in [1.165, 1.54) is 0 Å². The zero-order valence-corrected chi connectivity index (χ0v) is 12.7. The summed E-state index contributed by atoms with van der Waals surface area (Å²) in [4.78, 5) is 0. The van der Waals surface area contributed by atoms with Crippen molar-refractivity contribution < 1.29 is 28.4 Å². The van der Waals surface area contributed by atoms with Crippen molar-refractivity contribution in [3.8, 4) is 0 Å². The van der Waals surface area contributed by atoms with E-state index in [4.69, 9.17) is 28.4 Å². The van der Waals surface area contributed by atoms with E-state index in [-0.39, 0.29) is 12.2 Å². The van der Waals surface area contributed by atoms with E-state index in [2.05, 4.69) is 0 Å². The molecule has 0 N–H and O–H groups in total. The van der Waals surface area contributed by atoms with Gasteiger partial charge in [0.1, 0.15) is 0 Å². The Bertz CT molecular complexity index is 192. The summed E-state index contributed by atoms with van der Waals surface area (Å²) in [5.41, 5.74) is 0. The molecule has 0 amide bonds. The van der Waals surface area contributed by atoms with E-state index >= 15 is 0 Å². The van der Waals surface area contributed by atoms with Crippen LogP contribution in [0.1, 0.15) is 13.8 Å². The molecule has 1 aliphatic heterocycles. The summed E-state index contributed by atoms with van der Waals surface area (Å²) in [6.45, 7) is 9.74. The van der Waals surface area contributed by atoms with Crippen LogP contribution in [0.3, 0.4) is 0 Å². The largest absolute Gasteiger partial charge is 0.377 e. The van der Waals surface area contributed by atoms with Gasteiger partial charge in [0, 0.05) is 0 Å². The molecular weight excluding hydrogens is 264 g/mol. The molecule has 2 atom stereocenters. The van der Waals surface area contributed by atoms with Gasteiger partial charge in [0.05, 0.1) is 78.3 Å². The molecule has 0 radical (unpaired) electrons. The van der Waals surface area contributed by atoms with Gasteiger partial charge in [0.2, 0.25) is 0 Å². The Balaban J connectivity index is 2.18. The monoisotopic (exact) mass is 292 g/mol. The molecule has 120 valence electrons. The SMILES string of the molecule is CC1OCCOCCOCCOCCOCCOC1C. The highest BCUT2D eigenvalue weighted by Gasteiger charge is 2.12. The highest BCUT2D eigenvalue weighted by Crippen LogP contribution is 2.03. The maximum Gasteiger partial charge on any atom is 0.0807 e. The van der Waals surface area contributed by atoms with E-state index < -0.39 is 0 Å². The lowest BCUT2D eigenvalue weighted by Gasteiger charge is -2.21. The van der Waals surface area contributed by atoms with Crippen LogP contribution in [0.25, 0.3) is 0 Å². The summed E-state index contributed by atoms with van der Waals surface area (Å²) < 4.78 is 32.8. The molecule has 0 bridgehead atoms. The second-order valence-electron chi connectivity index (χ2n) is 4.60. The molecule has 2 unspecified atom stereocenters. The van der Waals surface area contributed by atoms with Crippen LogP contribution in [-0.4, -0.2) is 78.3 Å². The first-order valence-electron chi connectivity index (χ1n) is 7.35. The number of hydrogen-bond acceptors (Lipinski definition) is 6. The van der Waals surface area contributed by atoms with E-state index in [0.29, 0.717) is 66.1 Å². The highest BCUT2D eigenvalue weighted by atomic mass is 16.6. The minimum atomic E-state index is 0.0390. The van der Waals surface area contributed by atoms with Crippen LogP contribution in [0.4, 0.5) is 0 Å². The smallest absolute Gasteiger partial charge is 0.0807 e. The van der Waals surface area contributed by atoms with Gasteiger partial charge in [-0.3, -0.25) is 0 Å². The molecule has 6 heteroatoms. The molecule has 1 fully saturated rings. The molecule has 0 spiro atoms. The Hall–Kier alpha value is -0.240. The third-order valence-corrected chi connectivity index (χ3v) is 2.99. The fourth-order valence-electron chi connectivity index (χ4n) is 1.62. The average molecular weight is 292 g/mol. The minimum absolute atomic E-state index is 0.0390. The zero-order chi connectivity index (χ0) is 14.5. The van der Waals surface area contributed by atoms with Gasteiger partial charge in [0.15, 0.2) is 0 Å². The third-order valence-electron chi connectivity index (χ3n) is 2.99. The quantitative estimate of drug-likeness (QED) is 0.660. The van der Waals surface area contributed by atoms with Gasteiger partial charge in [-0.2, -0.15) is 0 Å². The molecule has 1 aliphatic rings. The normalized spacial score (nSPS) is 30.3. The summed E-state index contributed by atoms with van der Waals surface area (Å²) >= 11 is 0. The Kier molecular flexibility index (Phi) is 11.1. The van der Waals surface area contributed by atoms with Crippen LogP contribution in [0, 0.1) is 0 Å². The predicted octanol–water partition coefficient (Wildman–Crippen LogP) is 0.877. The molecule has 20 heavy (non-hydrogen) atoms. The van der Waals surface area contributed by atoms with Crippen molar-refractivity contribution in [3.63, 3.8) is 0 Å². The Labute approximate surface area is 121 Å². The van der Waals surface area contributed by atoms with Crippen molar-refractivity contribution in [2.45, 2.75) is 26.1 Å². The Morgan fingerprint density at radius 1 is 0.450 bits per heavy atom. The van der Waals surface area contributed by atoms with Crippen LogP contribution in [-0.2, 0) is 28.4 Å². The van der Waals surface area contributed by atoms with E-state index in [9.17, 15) is 0 Å². The van der Waals surface area contributed by atoms with Crippen molar-refractivity contribution in [2.24, 2.45) is 0 Å². The summed E-state index contributed by atoms with van der Waals surface area (Å²) in [5, 5.41) is 0. The van der Waals surface area contributed by atoms with Crippen molar-refractivity contribution >= 4 is 0 Å². The molecule has 0 aromatic heterocycles. The number of ether oxygens (including phenoxy) is 6. The van der Waals surface area contributed by atoms with Gasteiger partial charge in [-0.05, 0) is 13.8 Å². The standard InChI is InChI=1S/C14H28O6/c1-13-14(2)20-12-10-18-8-6-16-4-3-15-5-7-17-9-11-19-13/h13-14H,3-12H2,1-2H3. The number of hydrogen-bond donors (Lipinski definition) is 0. The molecule has 1 rings (SSSR count). The van der Waals surface area contributed by atoms with Crippen LogP contribution in [0.15, 0.2) is 0 Å². The van der Waals surface area contributed by atoms with Gasteiger partial charge >= 0.3 is 0 Å². The Morgan fingerprint density at radius 3 is 1.00 bits per heavy atom. The van der Waals surface area contributed by atoms with Gasteiger partial charge in [-0.15, -0.1) is 0 Å². The van der Waals surface area contributed by atoms with Crippen LogP contribution in [0.2, 0.25) is 0 Å². The minimum Gasteiger partial charge on any atom is -0.377 e. The average Bonchev–Trinajstić information content (AvgIpc) is 2.45. The van der Waals surface area contributed by atoms with Crippen LogP contribution >= 0.6 is 0 Å². The molecule has 1 saturated heterocycles. The zero-order valence-electron chi connectivity index (χ0n) is 12.7. The molecule has 0 saturated carbocycles. The Morgan fingerprint density at radius 2 is 0.700 bits per heavy atom. The highest BCUT2D eigenvalue weighted by molar-refractivity contribution is 4.60. The third kappa shape index (κ3) is 9.63. The van der Waals surface area contributed by atoms with Crippen molar-refractivity contribution in [3.05, 3.63) is 0 Å². The molecule has 1 heterocycles. The topological polar surface area (TPSA) is 55.4 Å².